The van der Waals surface area contributed by atoms with Crippen molar-refractivity contribution < 1.29 is 51.7 Å². The van der Waals surface area contributed by atoms with E-state index in [9.17, 15) is 14.7 Å². The summed E-state index contributed by atoms with van der Waals surface area (Å²) >= 11 is 0. The van der Waals surface area contributed by atoms with Crippen molar-refractivity contribution >= 4 is 11.9 Å². The van der Waals surface area contributed by atoms with Gasteiger partial charge in [0.2, 0.25) is 0 Å². The molecule has 0 unspecified atom stereocenters. The van der Waals surface area contributed by atoms with Crippen molar-refractivity contribution in [2.45, 2.75) is 247 Å². The van der Waals surface area contributed by atoms with Crippen LogP contribution in [-0.2, 0) is 36.7 Å². The fraction of sp³-hybridized carbons (Fsp3) is 0.741. The van der Waals surface area contributed by atoms with Crippen LogP contribution in [0.3, 0.4) is 0 Å². The zero-order valence-electron chi connectivity index (χ0n) is 40.8. The van der Waals surface area contributed by atoms with E-state index in [0.29, 0.717) is 18.6 Å². The number of phenolic OH excluding ortho intramolecular Hbond substituents is 1. The quantitative estimate of drug-likeness (QED) is 0.0430. The molecule has 0 bridgehead atoms. The van der Waals surface area contributed by atoms with Gasteiger partial charge in [0.05, 0.1) is 0 Å². The summed E-state index contributed by atoms with van der Waals surface area (Å²) in [5.41, 5.74) is 2.45. The number of benzene rings is 2. The van der Waals surface area contributed by atoms with Crippen LogP contribution in [0.5, 0.6) is 5.75 Å². The molecule has 0 saturated heterocycles. The van der Waals surface area contributed by atoms with Crippen molar-refractivity contribution in [1.82, 2.24) is 0 Å². The molecule has 0 saturated carbocycles. The average Bonchev–Trinajstić information content (AvgIpc) is 3.18. The van der Waals surface area contributed by atoms with Crippen LogP contribution < -0.4 is 0 Å². The predicted octanol–water partition coefficient (Wildman–Crippen LogP) is 16.5. The summed E-state index contributed by atoms with van der Waals surface area (Å²) in [4.78, 5) is 20.7. The normalized spacial score (nSPS) is 10.9. The van der Waals surface area contributed by atoms with Gasteiger partial charge in [-0.25, -0.2) is 0 Å². The maximum Gasteiger partial charge on any atom is 0.303 e. The average molecular weight is 889 g/mol. The van der Waals surface area contributed by atoms with E-state index in [1.54, 1.807) is 26.0 Å². The zero-order valence-corrected chi connectivity index (χ0v) is 42.4. The Labute approximate surface area is 391 Å². The first kappa shape index (κ1) is 63.1. The molecular formula is C54H96O6Ti. The molecule has 6 nitrogen and oxygen atoms in total. The minimum atomic E-state index is -0.654. The Bertz CT molecular complexity index is 1160. The monoisotopic (exact) mass is 889 g/mol. The Hall–Kier alpha value is -2.15. The molecule has 0 spiro atoms. The zero-order chi connectivity index (χ0) is 45.3. The molecule has 0 amide bonds. The minimum absolute atomic E-state index is 0. The predicted molar refractivity (Wildman–Crippen MR) is 258 cm³/mol. The van der Waals surface area contributed by atoms with Gasteiger partial charge < -0.3 is 20.4 Å². The van der Waals surface area contributed by atoms with Crippen LogP contribution in [0.1, 0.15) is 246 Å². The van der Waals surface area contributed by atoms with E-state index in [0.717, 1.165) is 37.5 Å². The van der Waals surface area contributed by atoms with Gasteiger partial charge in [0.25, 0.3) is 0 Å². The van der Waals surface area contributed by atoms with Gasteiger partial charge in [0.1, 0.15) is 5.75 Å². The summed E-state index contributed by atoms with van der Waals surface area (Å²) in [7, 11) is 0. The van der Waals surface area contributed by atoms with Crippen LogP contribution >= 0.6 is 0 Å². The number of carboxylic acid groups (broad SMARTS) is 2. The number of phenols is 1. The van der Waals surface area contributed by atoms with Crippen LogP contribution in [0, 0.1) is 11.8 Å². The van der Waals surface area contributed by atoms with E-state index in [-0.39, 0.29) is 33.2 Å². The molecule has 2 aromatic rings. The van der Waals surface area contributed by atoms with E-state index >= 15 is 0 Å². The van der Waals surface area contributed by atoms with Crippen LogP contribution in [0.4, 0.5) is 0 Å². The van der Waals surface area contributed by atoms with Crippen LogP contribution in [0.25, 0.3) is 0 Å². The number of carboxylic acids is 2. The Morgan fingerprint density at radius 1 is 0.443 bits per heavy atom. The molecule has 7 heteroatoms. The third-order valence-corrected chi connectivity index (χ3v) is 10.9. The second kappa shape index (κ2) is 44.5. The molecule has 352 valence electrons. The van der Waals surface area contributed by atoms with Crippen molar-refractivity contribution in [3.8, 4) is 5.75 Å². The standard InChI is InChI=1S/2C18H36O2.C15H16O.C3H8O.Ti/c2*1-17(2)15-13-11-9-7-5-3-4-6-8-10-12-14-16-18(19)20;1-15(2,12-6-4-3-5-7-12)13-8-10-14(16)11-9-13;1-3(2)4;/h2*17H,3-16H2,1-2H3,(H,19,20);3-11,16H,1-2H3;3-4H,1-2H3;. The second-order valence-electron chi connectivity index (χ2n) is 18.8. The number of unbranched alkanes of at least 4 members (excludes halogenated alkanes) is 22. The van der Waals surface area contributed by atoms with Gasteiger partial charge in [-0.05, 0) is 61.8 Å². The summed E-state index contributed by atoms with van der Waals surface area (Å²) in [6, 6.07) is 17.8. The van der Waals surface area contributed by atoms with Gasteiger partial charge >= 0.3 is 11.9 Å². The van der Waals surface area contributed by atoms with Gasteiger partial charge in [-0.2, -0.15) is 0 Å². The largest absolute Gasteiger partial charge is 0.508 e. The smallest absolute Gasteiger partial charge is 0.303 e. The SMILES string of the molecule is CC(C)(c1ccccc1)c1ccc(O)cc1.CC(C)CCCCCCCCCCCCCCC(=O)O.CC(C)CCCCCCCCCCCCCCC(=O)O.CC(C)O.[Ti]. The fourth-order valence-electron chi connectivity index (χ4n) is 7.09. The number of aliphatic hydroxyl groups excluding tert-OH is 1. The van der Waals surface area contributed by atoms with E-state index in [1.165, 1.54) is 152 Å². The Morgan fingerprint density at radius 2 is 0.689 bits per heavy atom. The van der Waals surface area contributed by atoms with Crippen molar-refractivity contribution in [1.29, 1.82) is 0 Å². The first-order valence-electron chi connectivity index (χ1n) is 24.6. The van der Waals surface area contributed by atoms with Crippen molar-refractivity contribution in [2.24, 2.45) is 11.8 Å². The first-order valence-corrected chi connectivity index (χ1v) is 24.6. The molecule has 0 radical (unpaired) electrons. The number of hydrogen-bond donors (Lipinski definition) is 4. The molecule has 0 atom stereocenters. The summed E-state index contributed by atoms with van der Waals surface area (Å²) in [5, 5.41) is 34.4. The van der Waals surface area contributed by atoms with E-state index < -0.39 is 11.9 Å². The van der Waals surface area contributed by atoms with Gasteiger partial charge in [-0.3, -0.25) is 9.59 Å². The maximum absolute atomic E-state index is 10.3. The number of aliphatic hydroxyl groups is 1. The van der Waals surface area contributed by atoms with Crippen LogP contribution in [0.2, 0.25) is 0 Å². The third kappa shape index (κ3) is 47.2. The summed E-state index contributed by atoms with van der Waals surface area (Å²) in [6.07, 6.45) is 34.5. The van der Waals surface area contributed by atoms with Crippen molar-refractivity contribution in [3.05, 3.63) is 65.7 Å². The van der Waals surface area contributed by atoms with E-state index in [2.05, 4.69) is 65.8 Å². The van der Waals surface area contributed by atoms with Gasteiger partial charge in [0, 0.05) is 46.1 Å². The fourth-order valence-corrected chi connectivity index (χ4v) is 7.09. The van der Waals surface area contributed by atoms with E-state index in [4.69, 9.17) is 15.3 Å². The first-order chi connectivity index (χ1) is 28.6. The molecule has 2 rings (SSSR count). The molecule has 0 aliphatic heterocycles. The molecule has 61 heavy (non-hydrogen) atoms. The summed E-state index contributed by atoms with van der Waals surface area (Å²) < 4.78 is 0. The third-order valence-electron chi connectivity index (χ3n) is 10.9. The minimum Gasteiger partial charge on any atom is -0.508 e. The molecule has 0 heterocycles. The molecule has 0 aliphatic carbocycles. The number of hydrogen-bond acceptors (Lipinski definition) is 4. The van der Waals surface area contributed by atoms with Crippen molar-refractivity contribution in [2.75, 3.05) is 0 Å². The maximum atomic E-state index is 10.3. The topological polar surface area (TPSA) is 115 Å². The number of aromatic hydroxyl groups is 1. The molecular weight excluding hydrogens is 792 g/mol. The van der Waals surface area contributed by atoms with Gasteiger partial charge in [-0.15, -0.1) is 0 Å². The molecule has 0 fully saturated rings. The number of aliphatic carboxylic acids is 2. The number of carbonyl (C=O) groups is 2. The Kier molecular flexibility index (Phi) is 46.0. The molecule has 2 aromatic carbocycles. The molecule has 0 aromatic heterocycles. The Balaban J connectivity index is -0.000000787. The molecule has 4 N–H and O–H groups in total. The van der Waals surface area contributed by atoms with Gasteiger partial charge in [-0.1, -0.05) is 238 Å². The van der Waals surface area contributed by atoms with Crippen LogP contribution in [0.15, 0.2) is 54.6 Å². The molecule has 0 aliphatic rings. The van der Waals surface area contributed by atoms with Crippen molar-refractivity contribution in [3.63, 3.8) is 0 Å². The second-order valence-corrected chi connectivity index (χ2v) is 18.8. The van der Waals surface area contributed by atoms with Crippen LogP contribution in [-0.4, -0.2) is 38.5 Å². The summed E-state index contributed by atoms with van der Waals surface area (Å²) in [5.74, 6) is 0.736. The number of rotatable bonds is 32. The summed E-state index contributed by atoms with van der Waals surface area (Å²) in [6.45, 7) is 17.1. The van der Waals surface area contributed by atoms with Gasteiger partial charge in [0.15, 0.2) is 0 Å². The Morgan fingerprint density at radius 3 is 0.951 bits per heavy atom. The van der Waals surface area contributed by atoms with E-state index in [1.807, 2.05) is 18.2 Å².